The molecule has 1 saturated heterocycles. The predicted octanol–water partition coefficient (Wildman–Crippen LogP) is 0.517. The number of amides is 2. The van der Waals surface area contributed by atoms with Crippen LogP contribution in [0.3, 0.4) is 0 Å². The lowest BCUT2D eigenvalue weighted by molar-refractivity contribution is -0.139. The molecule has 2 aliphatic rings. The van der Waals surface area contributed by atoms with E-state index >= 15 is 0 Å². The van der Waals surface area contributed by atoms with Crippen molar-refractivity contribution in [1.29, 1.82) is 0 Å². The van der Waals surface area contributed by atoms with E-state index in [0.29, 0.717) is 13.1 Å². The van der Waals surface area contributed by atoms with E-state index < -0.39 is 6.10 Å². The third kappa shape index (κ3) is 3.86. The molecule has 4 rings (SSSR count). The summed E-state index contributed by atoms with van der Waals surface area (Å²) in [4.78, 5) is 33.1. The van der Waals surface area contributed by atoms with Crippen molar-refractivity contribution in [2.24, 2.45) is 0 Å². The second kappa shape index (κ2) is 8.12. The molecule has 1 aliphatic carbocycles. The first kappa shape index (κ1) is 19.8. The van der Waals surface area contributed by atoms with Crippen LogP contribution < -0.4 is 5.32 Å². The number of imidazole rings is 1. The molecule has 0 unspecified atom stereocenters. The van der Waals surface area contributed by atoms with E-state index in [1.165, 1.54) is 0 Å². The molecule has 1 saturated carbocycles. The fourth-order valence-corrected chi connectivity index (χ4v) is 4.72. The summed E-state index contributed by atoms with van der Waals surface area (Å²) in [7, 11) is 1.77. The van der Waals surface area contributed by atoms with E-state index in [9.17, 15) is 14.7 Å². The number of benzene rings is 1. The van der Waals surface area contributed by atoms with E-state index in [-0.39, 0.29) is 30.4 Å². The molecule has 156 valence electrons. The smallest absolute Gasteiger partial charge is 0.242 e. The van der Waals surface area contributed by atoms with Crippen molar-refractivity contribution in [3.05, 3.63) is 30.1 Å². The Balaban J connectivity index is 1.47. The zero-order valence-corrected chi connectivity index (χ0v) is 17.0. The van der Waals surface area contributed by atoms with Crippen molar-refractivity contribution >= 4 is 22.8 Å². The number of aliphatic hydroxyl groups is 1. The predicted molar refractivity (Wildman–Crippen MR) is 109 cm³/mol. The Hall–Kier alpha value is -2.45. The number of fused-ring (bicyclic) bond motifs is 1. The maximum absolute atomic E-state index is 13.1. The van der Waals surface area contributed by atoms with Crippen LogP contribution >= 0.6 is 0 Å². The summed E-state index contributed by atoms with van der Waals surface area (Å²) in [5, 5.41) is 13.9. The molecule has 2 N–H and O–H groups in total. The number of aryl methyl sites for hydroxylation is 1. The molecule has 8 heteroatoms. The van der Waals surface area contributed by atoms with Crippen molar-refractivity contribution in [3.8, 4) is 0 Å². The van der Waals surface area contributed by atoms with Gasteiger partial charge < -0.3 is 19.9 Å². The molecule has 1 aromatic carbocycles. The van der Waals surface area contributed by atoms with Gasteiger partial charge in [0.05, 0.1) is 29.7 Å². The topological polar surface area (TPSA) is 90.7 Å². The molecule has 29 heavy (non-hydrogen) atoms. The number of para-hydroxylation sites is 2. The quantitative estimate of drug-likeness (QED) is 0.782. The van der Waals surface area contributed by atoms with Crippen LogP contribution in [0.4, 0.5) is 0 Å². The van der Waals surface area contributed by atoms with Crippen LogP contribution in [-0.4, -0.2) is 81.1 Å². The number of aliphatic hydroxyl groups excluding tert-OH is 1. The fraction of sp³-hybridized carbons (Fsp3) is 0.571. The lowest BCUT2D eigenvalue weighted by atomic mass is 9.86. The Bertz CT molecular complexity index is 911. The molecular weight excluding hydrogens is 370 g/mol. The van der Waals surface area contributed by atoms with Gasteiger partial charge in [-0.3, -0.25) is 14.5 Å². The van der Waals surface area contributed by atoms with Gasteiger partial charge in [0.25, 0.3) is 0 Å². The van der Waals surface area contributed by atoms with E-state index in [1.54, 1.807) is 11.9 Å². The molecule has 2 amide bonds. The zero-order chi connectivity index (χ0) is 20.5. The lowest BCUT2D eigenvalue weighted by Crippen LogP contribution is -2.61. The largest absolute Gasteiger partial charge is 0.389 e. The van der Waals surface area contributed by atoms with Gasteiger partial charge in [-0.05, 0) is 38.3 Å². The second-order valence-electron chi connectivity index (χ2n) is 8.12. The summed E-state index contributed by atoms with van der Waals surface area (Å²) in [6.07, 6.45) is 1.88. The second-order valence-corrected chi connectivity index (χ2v) is 8.12. The molecule has 0 bridgehead atoms. The summed E-state index contributed by atoms with van der Waals surface area (Å²) in [5.74, 6) is 0.754. The Morgan fingerprint density at radius 2 is 2.14 bits per heavy atom. The van der Waals surface area contributed by atoms with Gasteiger partial charge in [-0.2, -0.15) is 0 Å². The molecular formula is C21H29N5O3. The molecule has 0 radical (unpaired) electrons. The van der Waals surface area contributed by atoms with E-state index in [2.05, 4.69) is 15.2 Å². The summed E-state index contributed by atoms with van der Waals surface area (Å²) in [6.45, 7) is 3.75. The van der Waals surface area contributed by atoms with Crippen LogP contribution in [0.2, 0.25) is 0 Å². The Morgan fingerprint density at radius 3 is 2.93 bits per heavy atom. The highest BCUT2D eigenvalue weighted by molar-refractivity contribution is 5.81. The van der Waals surface area contributed by atoms with Gasteiger partial charge in [0.15, 0.2) is 0 Å². The minimum atomic E-state index is -0.663. The minimum Gasteiger partial charge on any atom is -0.389 e. The molecule has 1 aromatic heterocycles. The van der Waals surface area contributed by atoms with Gasteiger partial charge in [-0.25, -0.2) is 4.98 Å². The Kier molecular flexibility index (Phi) is 5.56. The standard InChI is InChI=1S/C21H29N5O3/c1-14-23-15-6-3-4-7-16(15)26(14)13-20(28)24(2)17-8-5-9-18(21(17)29)25-11-10-22-19(27)12-25/h3-4,6-7,17-18,21,29H,5,8-13H2,1-2H3,(H,22,27)/t17-,18-,21-/m1/s1. The average molecular weight is 399 g/mol. The van der Waals surface area contributed by atoms with Crippen molar-refractivity contribution in [2.75, 3.05) is 26.7 Å². The maximum Gasteiger partial charge on any atom is 0.242 e. The van der Waals surface area contributed by atoms with Crippen molar-refractivity contribution < 1.29 is 14.7 Å². The van der Waals surface area contributed by atoms with Gasteiger partial charge >= 0.3 is 0 Å². The van der Waals surface area contributed by atoms with Crippen LogP contribution in [0, 0.1) is 6.92 Å². The van der Waals surface area contributed by atoms with Crippen LogP contribution in [0.1, 0.15) is 25.1 Å². The van der Waals surface area contributed by atoms with Gasteiger partial charge in [-0.15, -0.1) is 0 Å². The third-order valence-corrected chi connectivity index (χ3v) is 6.35. The number of aromatic nitrogens is 2. The summed E-state index contributed by atoms with van der Waals surface area (Å²) >= 11 is 0. The van der Waals surface area contributed by atoms with Gasteiger partial charge in [0.1, 0.15) is 12.4 Å². The highest BCUT2D eigenvalue weighted by Crippen LogP contribution is 2.27. The molecule has 3 atom stereocenters. The zero-order valence-electron chi connectivity index (χ0n) is 17.0. The number of likely N-dealkylation sites (N-methyl/N-ethyl adjacent to an activating group) is 1. The summed E-state index contributed by atoms with van der Waals surface area (Å²) in [5.41, 5.74) is 1.81. The first-order valence-electron chi connectivity index (χ1n) is 10.3. The molecule has 0 spiro atoms. The third-order valence-electron chi connectivity index (χ3n) is 6.35. The first-order valence-corrected chi connectivity index (χ1v) is 10.3. The highest BCUT2D eigenvalue weighted by atomic mass is 16.3. The fourth-order valence-electron chi connectivity index (χ4n) is 4.72. The van der Waals surface area contributed by atoms with Crippen molar-refractivity contribution in [1.82, 2.24) is 24.7 Å². The summed E-state index contributed by atoms with van der Waals surface area (Å²) in [6, 6.07) is 7.45. The lowest BCUT2D eigenvalue weighted by Gasteiger charge is -2.45. The molecule has 2 aromatic rings. The normalized spacial score (nSPS) is 25.8. The first-order chi connectivity index (χ1) is 14.0. The number of hydrogen-bond acceptors (Lipinski definition) is 5. The molecule has 2 fully saturated rings. The van der Waals surface area contributed by atoms with Crippen LogP contribution in [-0.2, 0) is 16.1 Å². The van der Waals surface area contributed by atoms with Crippen molar-refractivity contribution in [2.45, 2.75) is 50.9 Å². The van der Waals surface area contributed by atoms with Gasteiger partial charge in [-0.1, -0.05) is 12.1 Å². The number of piperazine rings is 1. The van der Waals surface area contributed by atoms with Crippen LogP contribution in [0.25, 0.3) is 11.0 Å². The SMILES string of the molecule is Cc1nc2ccccc2n1CC(=O)N(C)[C@@H]1CCC[C@@H](N2CCNC(=O)C2)[C@@H]1O. The molecule has 1 aliphatic heterocycles. The van der Waals surface area contributed by atoms with E-state index in [4.69, 9.17) is 0 Å². The maximum atomic E-state index is 13.1. The molecule has 8 nitrogen and oxygen atoms in total. The number of nitrogens with zero attached hydrogens (tertiary/aromatic N) is 4. The van der Waals surface area contributed by atoms with Crippen LogP contribution in [0.15, 0.2) is 24.3 Å². The monoisotopic (exact) mass is 399 g/mol. The highest BCUT2D eigenvalue weighted by Gasteiger charge is 2.39. The minimum absolute atomic E-state index is 0.00235. The van der Waals surface area contributed by atoms with Gasteiger partial charge in [0.2, 0.25) is 11.8 Å². The number of carbonyl (C=O) groups excluding carboxylic acids is 2. The van der Waals surface area contributed by atoms with Crippen LogP contribution in [0.5, 0.6) is 0 Å². The Labute approximate surface area is 170 Å². The number of nitrogens with one attached hydrogen (secondary N) is 1. The van der Waals surface area contributed by atoms with E-state index in [1.807, 2.05) is 35.8 Å². The van der Waals surface area contributed by atoms with Gasteiger partial charge in [0, 0.05) is 26.2 Å². The number of carbonyl (C=O) groups is 2. The molecule has 2 heterocycles. The van der Waals surface area contributed by atoms with E-state index in [0.717, 1.165) is 42.7 Å². The number of hydrogen-bond donors (Lipinski definition) is 2. The summed E-state index contributed by atoms with van der Waals surface area (Å²) < 4.78 is 1.93. The Morgan fingerprint density at radius 1 is 1.34 bits per heavy atom. The average Bonchev–Trinajstić information content (AvgIpc) is 3.03. The number of rotatable bonds is 4. The van der Waals surface area contributed by atoms with Crippen molar-refractivity contribution in [3.63, 3.8) is 0 Å².